The average Bonchev–Trinajstić information content (AvgIpc) is 2.33. The van der Waals surface area contributed by atoms with E-state index in [1.54, 1.807) is 7.11 Å². The van der Waals surface area contributed by atoms with Crippen molar-refractivity contribution in [3.05, 3.63) is 29.3 Å². The van der Waals surface area contributed by atoms with Gasteiger partial charge in [-0.1, -0.05) is 39.0 Å². The van der Waals surface area contributed by atoms with Crippen LogP contribution in [-0.4, -0.2) is 25.4 Å². The predicted molar refractivity (Wildman–Crippen MR) is 73.1 cm³/mol. The molecule has 0 bridgehead atoms. The molecule has 0 aliphatic heterocycles. The summed E-state index contributed by atoms with van der Waals surface area (Å²) in [6.07, 6.45) is 0.668. The molecule has 0 aliphatic carbocycles. The molecule has 0 radical (unpaired) electrons. The van der Waals surface area contributed by atoms with Gasteiger partial charge in [0.2, 0.25) is 0 Å². The van der Waals surface area contributed by atoms with Crippen LogP contribution in [0.15, 0.2) is 18.2 Å². The highest BCUT2D eigenvalue weighted by atomic mass is 16.5. The Hall–Kier alpha value is -1.06. The summed E-state index contributed by atoms with van der Waals surface area (Å²) < 4.78 is 11.1. The summed E-state index contributed by atoms with van der Waals surface area (Å²) >= 11 is 0. The van der Waals surface area contributed by atoms with Crippen molar-refractivity contribution < 1.29 is 14.6 Å². The van der Waals surface area contributed by atoms with Crippen molar-refractivity contribution in [2.45, 2.75) is 39.2 Å². The molecule has 3 heteroatoms. The molecule has 1 aromatic carbocycles. The van der Waals surface area contributed by atoms with Gasteiger partial charge in [0.25, 0.3) is 0 Å². The molecule has 0 aromatic heterocycles. The first-order valence-corrected chi connectivity index (χ1v) is 6.35. The number of para-hydroxylation sites is 1. The standard InChI is InChI=1S/C15H24O3/c1-15(2,3)13-8-5-7-12(14(13)17-4)11-18-10-6-9-16/h5,7-8,16H,6,9-11H2,1-4H3. The highest BCUT2D eigenvalue weighted by Crippen LogP contribution is 2.34. The van der Waals surface area contributed by atoms with Gasteiger partial charge in [-0.05, 0) is 17.4 Å². The van der Waals surface area contributed by atoms with Crippen LogP contribution in [0.2, 0.25) is 0 Å². The van der Waals surface area contributed by atoms with Gasteiger partial charge < -0.3 is 14.6 Å². The SMILES string of the molecule is COc1c(COCCCO)cccc1C(C)(C)C. The van der Waals surface area contributed by atoms with Gasteiger partial charge in [-0.2, -0.15) is 0 Å². The molecule has 0 saturated heterocycles. The molecular formula is C15H24O3. The Balaban J connectivity index is 2.85. The average molecular weight is 252 g/mol. The van der Waals surface area contributed by atoms with E-state index in [4.69, 9.17) is 14.6 Å². The van der Waals surface area contributed by atoms with E-state index in [0.29, 0.717) is 19.6 Å². The van der Waals surface area contributed by atoms with Crippen molar-refractivity contribution in [1.29, 1.82) is 0 Å². The second-order valence-electron chi connectivity index (χ2n) is 5.38. The highest BCUT2D eigenvalue weighted by Gasteiger charge is 2.20. The molecule has 0 spiro atoms. The van der Waals surface area contributed by atoms with E-state index < -0.39 is 0 Å². The van der Waals surface area contributed by atoms with Gasteiger partial charge in [-0.15, -0.1) is 0 Å². The van der Waals surface area contributed by atoms with E-state index in [2.05, 4.69) is 26.8 Å². The van der Waals surface area contributed by atoms with E-state index >= 15 is 0 Å². The number of ether oxygens (including phenoxy) is 2. The number of aliphatic hydroxyl groups is 1. The number of rotatable bonds is 6. The summed E-state index contributed by atoms with van der Waals surface area (Å²) in [5.74, 6) is 0.911. The van der Waals surface area contributed by atoms with E-state index in [-0.39, 0.29) is 12.0 Å². The van der Waals surface area contributed by atoms with E-state index in [1.807, 2.05) is 12.1 Å². The number of methoxy groups -OCH3 is 1. The summed E-state index contributed by atoms with van der Waals surface area (Å²) in [6.45, 7) is 7.76. The predicted octanol–water partition coefficient (Wildman–Crippen LogP) is 2.89. The summed E-state index contributed by atoms with van der Waals surface area (Å²) in [5.41, 5.74) is 2.29. The molecule has 18 heavy (non-hydrogen) atoms. The van der Waals surface area contributed by atoms with Gasteiger partial charge >= 0.3 is 0 Å². The van der Waals surface area contributed by atoms with Crippen molar-refractivity contribution >= 4 is 0 Å². The Morgan fingerprint density at radius 1 is 1.22 bits per heavy atom. The fraction of sp³-hybridized carbons (Fsp3) is 0.600. The van der Waals surface area contributed by atoms with Crippen LogP contribution in [0.4, 0.5) is 0 Å². The lowest BCUT2D eigenvalue weighted by molar-refractivity contribution is 0.102. The number of hydrogen-bond acceptors (Lipinski definition) is 3. The highest BCUT2D eigenvalue weighted by molar-refractivity contribution is 5.44. The van der Waals surface area contributed by atoms with Crippen molar-refractivity contribution in [2.75, 3.05) is 20.3 Å². The van der Waals surface area contributed by atoms with Gasteiger partial charge in [0, 0.05) is 18.8 Å². The second kappa shape index (κ2) is 6.76. The minimum Gasteiger partial charge on any atom is -0.496 e. The zero-order valence-electron chi connectivity index (χ0n) is 11.8. The van der Waals surface area contributed by atoms with Crippen LogP contribution in [-0.2, 0) is 16.8 Å². The molecule has 0 atom stereocenters. The van der Waals surface area contributed by atoms with Crippen molar-refractivity contribution in [1.82, 2.24) is 0 Å². The molecule has 1 rings (SSSR count). The smallest absolute Gasteiger partial charge is 0.128 e. The van der Waals surface area contributed by atoms with Gasteiger partial charge in [0.15, 0.2) is 0 Å². The van der Waals surface area contributed by atoms with Crippen molar-refractivity contribution in [3.63, 3.8) is 0 Å². The van der Waals surface area contributed by atoms with E-state index in [1.165, 1.54) is 5.56 Å². The van der Waals surface area contributed by atoms with Crippen molar-refractivity contribution in [3.8, 4) is 5.75 Å². The third-order valence-corrected chi connectivity index (χ3v) is 2.81. The summed E-state index contributed by atoms with van der Waals surface area (Å²) in [5, 5.41) is 8.71. The van der Waals surface area contributed by atoms with Crippen LogP contribution in [0, 0.1) is 0 Å². The summed E-state index contributed by atoms with van der Waals surface area (Å²) in [6, 6.07) is 6.15. The van der Waals surface area contributed by atoms with Crippen molar-refractivity contribution in [2.24, 2.45) is 0 Å². The molecule has 0 saturated carbocycles. The minimum absolute atomic E-state index is 0.0481. The molecule has 3 nitrogen and oxygen atoms in total. The molecule has 1 aromatic rings. The van der Waals surface area contributed by atoms with Crippen LogP contribution in [0.25, 0.3) is 0 Å². The number of hydrogen-bond donors (Lipinski definition) is 1. The summed E-state index contributed by atoms with van der Waals surface area (Å²) in [7, 11) is 1.70. The van der Waals surface area contributed by atoms with Crippen LogP contribution in [0.1, 0.15) is 38.3 Å². The fourth-order valence-corrected chi connectivity index (χ4v) is 1.88. The maximum atomic E-state index is 8.71. The van der Waals surface area contributed by atoms with E-state index in [9.17, 15) is 0 Å². The van der Waals surface area contributed by atoms with E-state index in [0.717, 1.165) is 11.3 Å². The normalized spacial score (nSPS) is 11.6. The third-order valence-electron chi connectivity index (χ3n) is 2.81. The van der Waals surface area contributed by atoms with Crippen LogP contribution in [0.3, 0.4) is 0 Å². The first-order chi connectivity index (χ1) is 8.50. The molecular weight excluding hydrogens is 228 g/mol. The number of benzene rings is 1. The molecule has 0 fully saturated rings. The maximum absolute atomic E-state index is 8.71. The van der Waals surface area contributed by atoms with Gasteiger partial charge in [0.1, 0.15) is 5.75 Å². The van der Waals surface area contributed by atoms with Gasteiger partial charge in [0.05, 0.1) is 13.7 Å². The lowest BCUT2D eigenvalue weighted by Crippen LogP contribution is -2.14. The van der Waals surface area contributed by atoms with Gasteiger partial charge in [-0.3, -0.25) is 0 Å². The Bertz CT molecular complexity index is 366. The zero-order chi connectivity index (χ0) is 13.6. The topological polar surface area (TPSA) is 38.7 Å². The Morgan fingerprint density at radius 2 is 1.94 bits per heavy atom. The Morgan fingerprint density at radius 3 is 2.50 bits per heavy atom. The quantitative estimate of drug-likeness (QED) is 0.791. The zero-order valence-corrected chi connectivity index (χ0v) is 11.8. The lowest BCUT2D eigenvalue weighted by Gasteiger charge is -2.23. The fourth-order valence-electron chi connectivity index (χ4n) is 1.88. The summed E-state index contributed by atoms with van der Waals surface area (Å²) in [4.78, 5) is 0. The lowest BCUT2D eigenvalue weighted by atomic mass is 9.85. The molecule has 102 valence electrons. The van der Waals surface area contributed by atoms with Crippen LogP contribution < -0.4 is 4.74 Å². The molecule has 0 amide bonds. The molecule has 0 heterocycles. The number of aliphatic hydroxyl groups excluding tert-OH is 1. The Labute approximate surface area is 110 Å². The van der Waals surface area contributed by atoms with Gasteiger partial charge in [-0.25, -0.2) is 0 Å². The minimum atomic E-state index is 0.0481. The molecule has 0 aliphatic rings. The Kier molecular flexibility index (Phi) is 5.63. The third kappa shape index (κ3) is 4.00. The second-order valence-corrected chi connectivity index (χ2v) is 5.38. The first kappa shape index (κ1) is 15.0. The van der Waals surface area contributed by atoms with Crippen LogP contribution >= 0.6 is 0 Å². The maximum Gasteiger partial charge on any atom is 0.128 e. The molecule has 0 unspecified atom stereocenters. The monoisotopic (exact) mass is 252 g/mol. The molecule has 1 N–H and O–H groups in total. The van der Waals surface area contributed by atoms with Crippen LogP contribution in [0.5, 0.6) is 5.75 Å². The first-order valence-electron chi connectivity index (χ1n) is 6.35. The largest absolute Gasteiger partial charge is 0.496 e.